The van der Waals surface area contributed by atoms with Gasteiger partial charge in [0.25, 0.3) is 11.5 Å². The van der Waals surface area contributed by atoms with Crippen molar-refractivity contribution in [2.24, 2.45) is 11.7 Å². The van der Waals surface area contributed by atoms with Gasteiger partial charge in [0.15, 0.2) is 6.10 Å². The maximum absolute atomic E-state index is 14.1. The van der Waals surface area contributed by atoms with Gasteiger partial charge in [0.1, 0.15) is 6.10 Å². The lowest BCUT2D eigenvalue weighted by Gasteiger charge is -2.34. The number of amides is 3. The highest BCUT2D eigenvalue weighted by molar-refractivity contribution is 6.04. The molecule has 3 aliphatic rings. The zero-order chi connectivity index (χ0) is 28.1. The predicted molar refractivity (Wildman–Crippen MR) is 149 cm³/mol. The fraction of sp³-hybridized carbons (Fsp3) is 0.448. The van der Waals surface area contributed by atoms with Crippen LogP contribution < -0.4 is 21.9 Å². The summed E-state index contributed by atoms with van der Waals surface area (Å²) in [6.45, 7) is 5.31. The highest BCUT2D eigenvalue weighted by Crippen LogP contribution is 2.35. The van der Waals surface area contributed by atoms with Crippen molar-refractivity contribution >= 4 is 34.2 Å². The number of nitrogens with zero attached hydrogens (tertiary/aromatic N) is 4. The highest BCUT2D eigenvalue weighted by Gasteiger charge is 2.34. The molecule has 3 heterocycles. The van der Waals surface area contributed by atoms with Crippen LogP contribution in [-0.4, -0.2) is 58.4 Å². The number of nitrogens with two attached hydrogens (primary N) is 1. The van der Waals surface area contributed by atoms with E-state index in [1.807, 2.05) is 38.1 Å². The SMILES string of the molecule is CC(C)n1c(=O)n(CC2CC2)c(=O)c2cc(N(C(=O)C3CN(C(N)=O)CCO3)c3cccc(C4CO4)c3)ccc21. The number of epoxide rings is 1. The normalized spacial score (nSPS) is 20.6. The van der Waals surface area contributed by atoms with E-state index >= 15 is 0 Å². The topological polar surface area (TPSA) is 132 Å². The molecule has 2 aliphatic heterocycles. The first-order chi connectivity index (χ1) is 19.2. The third-order valence-electron chi connectivity index (χ3n) is 7.77. The van der Waals surface area contributed by atoms with Crippen LogP contribution in [0.2, 0.25) is 0 Å². The Morgan fingerprint density at radius 1 is 1.07 bits per heavy atom. The van der Waals surface area contributed by atoms with Crippen molar-refractivity contribution in [3.8, 4) is 0 Å². The lowest BCUT2D eigenvalue weighted by molar-refractivity contribution is -0.133. The molecule has 0 radical (unpaired) electrons. The van der Waals surface area contributed by atoms with Gasteiger partial charge >= 0.3 is 11.7 Å². The Hall–Kier alpha value is -3.96. The third-order valence-corrected chi connectivity index (χ3v) is 7.77. The molecule has 2 aromatic carbocycles. The number of fused-ring (bicyclic) bond motifs is 1. The quantitative estimate of drug-likeness (QED) is 0.453. The maximum Gasteiger partial charge on any atom is 0.331 e. The summed E-state index contributed by atoms with van der Waals surface area (Å²) in [6.07, 6.45) is 1.02. The molecular weight excluding hydrogens is 514 g/mol. The number of ether oxygens (including phenoxy) is 2. The van der Waals surface area contributed by atoms with Crippen LogP contribution in [0.5, 0.6) is 0 Å². The van der Waals surface area contributed by atoms with E-state index in [-0.39, 0.29) is 36.5 Å². The van der Waals surface area contributed by atoms with Crippen LogP contribution in [0, 0.1) is 5.92 Å². The summed E-state index contributed by atoms with van der Waals surface area (Å²) in [5.41, 5.74) is 7.29. The van der Waals surface area contributed by atoms with Crippen molar-refractivity contribution in [1.29, 1.82) is 0 Å². The number of urea groups is 1. The Bertz CT molecular complexity index is 1600. The molecule has 6 rings (SSSR count). The molecule has 2 saturated heterocycles. The molecule has 1 aromatic heterocycles. The number of hydrogen-bond donors (Lipinski definition) is 1. The Kier molecular flexibility index (Phi) is 6.71. The van der Waals surface area contributed by atoms with Crippen LogP contribution in [0.25, 0.3) is 10.9 Å². The number of benzene rings is 2. The molecule has 1 aliphatic carbocycles. The summed E-state index contributed by atoms with van der Waals surface area (Å²) < 4.78 is 14.2. The van der Waals surface area contributed by atoms with Gasteiger partial charge in [0, 0.05) is 30.5 Å². The molecule has 2 atom stereocenters. The summed E-state index contributed by atoms with van der Waals surface area (Å²) >= 11 is 0. The number of morpholine rings is 1. The minimum Gasteiger partial charge on any atom is -0.368 e. The molecule has 11 heteroatoms. The summed E-state index contributed by atoms with van der Waals surface area (Å²) in [5, 5.41) is 0.356. The van der Waals surface area contributed by atoms with Crippen molar-refractivity contribution in [2.75, 3.05) is 31.2 Å². The van der Waals surface area contributed by atoms with Gasteiger partial charge in [-0.2, -0.15) is 0 Å². The number of primary amides is 1. The maximum atomic E-state index is 14.1. The molecule has 1 saturated carbocycles. The number of rotatable bonds is 7. The number of carbonyl (C=O) groups excluding carboxylic acids is 2. The summed E-state index contributed by atoms with van der Waals surface area (Å²) in [5.74, 6) is -0.0663. The van der Waals surface area contributed by atoms with Crippen molar-refractivity contribution in [3.05, 3.63) is 68.9 Å². The standard InChI is InChI=1S/C29H33N5O6/c1-17(2)33-23-9-8-21(13-22(23)26(35)32(29(33)38)14-18-6-7-18)34(20-5-3-4-19(12-20)25-16-40-25)27(36)24-15-31(28(30)37)10-11-39-24/h3-5,8-9,12-13,17-18,24-25H,6-7,10-11,14-16H2,1-2H3,(H2,30,37). The van der Waals surface area contributed by atoms with Gasteiger partial charge in [-0.3, -0.25) is 23.6 Å². The summed E-state index contributed by atoms with van der Waals surface area (Å²) in [6, 6.07) is 11.8. The van der Waals surface area contributed by atoms with E-state index in [0.29, 0.717) is 47.9 Å². The molecule has 3 amide bonds. The van der Waals surface area contributed by atoms with Crippen LogP contribution in [-0.2, 0) is 20.8 Å². The van der Waals surface area contributed by atoms with E-state index in [4.69, 9.17) is 15.2 Å². The Balaban J connectivity index is 1.49. The molecule has 2 N–H and O–H groups in total. The minimum atomic E-state index is -0.950. The summed E-state index contributed by atoms with van der Waals surface area (Å²) in [4.78, 5) is 55.9. The number of anilines is 2. The number of hydrogen-bond acceptors (Lipinski definition) is 6. The van der Waals surface area contributed by atoms with E-state index < -0.39 is 18.0 Å². The summed E-state index contributed by atoms with van der Waals surface area (Å²) in [7, 11) is 0. The molecule has 3 aromatic rings. The highest BCUT2D eigenvalue weighted by atomic mass is 16.6. The van der Waals surface area contributed by atoms with Gasteiger partial charge in [-0.25, -0.2) is 9.59 Å². The average molecular weight is 548 g/mol. The zero-order valence-electron chi connectivity index (χ0n) is 22.6. The van der Waals surface area contributed by atoms with Crippen LogP contribution in [0.15, 0.2) is 52.1 Å². The van der Waals surface area contributed by atoms with Crippen molar-refractivity contribution in [3.63, 3.8) is 0 Å². The van der Waals surface area contributed by atoms with Gasteiger partial charge in [0.2, 0.25) is 0 Å². The molecule has 11 nitrogen and oxygen atoms in total. The van der Waals surface area contributed by atoms with Crippen molar-refractivity contribution in [1.82, 2.24) is 14.0 Å². The third kappa shape index (κ3) is 4.90. The Morgan fingerprint density at radius 3 is 2.50 bits per heavy atom. The average Bonchev–Trinajstić information content (AvgIpc) is 3.86. The first kappa shape index (κ1) is 26.3. The zero-order valence-corrected chi connectivity index (χ0v) is 22.6. The van der Waals surface area contributed by atoms with Crippen LogP contribution in [0.1, 0.15) is 44.4 Å². The smallest absolute Gasteiger partial charge is 0.331 e. The Morgan fingerprint density at radius 2 is 1.82 bits per heavy atom. The van der Waals surface area contributed by atoms with Crippen LogP contribution in [0.4, 0.5) is 16.2 Å². The van der Waals surface area contributed by atoms with E-state index in [2.05, 4.69) is 0 Å². The van der Waals surface area contributed by atoms with E-state index in [1.54, 1.807) is 22.8 Å². The first-order valence-corrected chi connectivity index (χ1v) is 13.7. The second-order valence-corrected chi connectivity index (χ2v) is 11.0. The molecule has 2 unspecified atom stereocenters. The van der Waals surface area contributed by atoms with Crippen molar-refractivity contribution < 1.29 is 19.1 Å². The lowest BCUT2D eigenvalue weighted by atomic mass is 10.1. The fourth-order valence-corrected chi connectivity index (χ4v) is 5.38. The second kappa shape index (κ2) is 10.2. The van der Waals surface area contributed by atoms with Crippen LogP contribution in [0.3, 0.4) is 0 Å². The first-order valence-electron chi connectivity index (χ1n) is 13.7. The van der Waals surface area contributed by atoms with Crippen LogP contribution >= 0.6 is 0 Å². The predicted octanol–water partition coefficient (Wildman–Crippen LogP) is 2.67. The lowest BCUT2D eigenvalue weighted by Crippen LogP contribution is -2.53. The monoisotopic (exact) mass is 547 g/mol. The van der Waals surface area contributed by atoms with Gasteiger partial charge < -0.3 is 20.1 Å². The van der Waals surface area contributed by atoms with Gasteiger partial charge in [-0.05, 0) is 68.5 Å². The largest absolute Gasteiger partial charge is 0.368 e. The Labute approximate surface area is 230 Å². The molecule has 210 valence electrons. The van der Waals surface area contributed by atoms with E-state index in [0.717, 1.165) is 18.4 Å². The molecule has 0 bridgehead atoms. The van der Waals surface area contributed by atoms with Gasteiger partial charge in [-0.1, -0.05) is 12.1 Å². The van der Waals surface area contributed by atoms with Crippen molar-refractivity contribution in [2.45, 2.75) is 51.5 Å². The van der Waals surface area contributed by atoms with E-state index in [9.17, 15) is 19.2 Å². The molecule has 40 heavy (non-hydrogen) atoms. The second-order valence-electron chi connectivity index (χ2n) is 11.0. The molecule has 0 spiro atoms. The number of aromatic nitrogens is 2. The fourth-order valence-electron chi connectivity index (χ4n) is 5.38. The number of carbonyl (C=O) groups is 2. The molecular formula is C29H33N5O6. The molecule has 3 fully saturated rings. The minimum absolute atomic E-state index is 0.0186. The van der Waals surface area contributed by atoms with Gasteiger partial charge in [0.05, 0.1) is 30.7 Å². The van der Waals surface area contributed by atoms with Gasteiger partial charge in [-0.15, -0.1) is 0 Å². The van der Waals surface area contributed by atoms with E-state index in [1.165, 1.54) is 14.4 Å².